The first kappa shape index (κ1) is 17.9. The molecule has 25 heavy (non-hydrogen) atoms. The quantitative estimate of drug-likeness (QED) is 0.878. The van der Waals surface area contributed by atoms with Gasteiger partial charge in [-0.15, -0.1) is 21.5 Å². The summed E-state index contributed by atoms with van der Waals surface area (Å²) in [6.07, 6.45) is 3.05. The van der Waals surface area contributed by atoms with Crippen LogP contribution in [0.4, 0.5) is 10.5 Å². The van der Waals surface area contributed by atoms with Gasteiger partial charge in [-0.25, -0.2) is 4.79 Å². The van der Waals surface area contributed by atoms with E-state index in [1.165, 1.54) is 0 Å². The molecule has 0 saturated carbocycles. The molecule has 6 heteroatoms. The Balaban J connectivity index is 1.62. The van der Waals surface area contributed by atoms with Crippen LogP contribution in [0.15, 0.2) is 24.3 Å². The molecule has 0 bridgehead atoms. The number of carbonyl (C=O) groups excluding carboxylic acids is 1. The summed E-state index contributed by atoms with van der Waals surface area (Å²) in [5, 5.41) is 13.9. The third-order valence-corrected chi connectivity index (χ3v) is 5.50. The molecule has 1 saturated heterocycles. The van der Waals surface area contributed by atoms with Crippen LogP contribution >= 0.6 is 11.3 Å². The fraction of sp³-hybridized carbons (Fsp3) is 0.526. The molecule has 0 radical (unpaired) electrons. The minimum Gasteiger partial charge on any atom is -0.324 e. The zero-order chi connectivity index (χ0) is 17.8. The van der Waals surface area contributed by atoms with Gasteiger partial charge in [0.25, 0.3) is 0 Å². The van der Waals surface area contributed by atoms with Gasteiger partial charge in [-0.1, -0.05) is 26.0 Å². The number of hydrogen-bond donors (Lipinski definition) is 1. The predicted octanol–water partition coefficient (Wildman–Crippen LogP) is 4.46. The highest BCUT2D eigenvalue weighted by Gasteiger charge is 2.27. The first-order chi connectivity index (χ1) is 12.0. The minimum absolute atomic E-state index is 0.0257. The van der Waals surface area contributed by atoms with Crippen LogP contribution in [0.25, 0.3) is 0 Å². The number of aryl methyl sites for hydroxylation is 1. The molecule has 1 aromatic carbocycles. The molecule has 1 atom stereocenters. The van der Waals surface area contributed by atoms with Crippen LogP contribution in [0.3, 0.4) is 0 Å². The summed E-state index contributed by atoms with van der Waals surface area (Å²) in [6.45, 7) is 7.93. The van der Waals surface area contributed by atoms with Crippen molar-refractivity contribution in [2.24, 2.45) is 5.92 Å². The Labute approximate surface area is 153 Å². The lowest BCUT2D eigenvalue weighted by Gasteiger charge is -2.31. The van der Waals surface area contributed by atoms with E-state index in [9.17, 15) is 4.79 Å². The molecular weight excluding hydrogens is 332 g/mol. The number of piperidine rings is 1. The monoisotopic (exact) mass is 358 g/mol. The molecule has 5 nitrogen and oxygen atoms in total. The number of nitrogens with one attached hydrogen (secondary N) is 1. The van der Waals surface area contributed by atoms with Crippen molar-refractivity contribution in [2.75, 3.05) is 18.4 Å². The lowest BCUT2D eigenvalue weighted by molar-refractivity contribution is 0.192. The number of aromatic nitrogens is 2. The first-order valence-corrected chi connectivity index (χ1v) is 9.78. The number of urea groups is 1. The highest BCUT2D eigenvalue weighted by Crippen LogP contribution is 2.30. The second kappa shape index (κ2) is 7.95. The molecule has 1 N–H and O–H groups in total. The molecule has 2 amide bonds. The van der Waals surface area contributed by atoms with Gasteiger partial charge in [0.2, 0.25) is 0 Å². The summed E-state index contributed by atoms with van der Waals surface area (Å²) in [7, 11) is 0. The van der Waals surface area contributed by atoms with E-state index < -0.39 is 0 Å². The van der Waals surface area contributed by atoms with E-state index in [0.717, 1.165) is 47.1 Å². The SMILES string of the molecule is Cc1cccc(NC(=O)N2CCCC(c3nnc(CC(C)C)s3)C2)c1. The summed E-state index contributed by atoms with van der Waals surface area (Å²) in [6, 6.07) is 7.87. The topological polar surface area (TPSA) is 58.1 Å². The Morgan fingerprint density at radius 2 is 2.24 bits per heavy atom. The zero-order valence-electron chi connectivity index (χ0n) is 15.2. The lowest BCUT2D eigenvalue weighted by atomic mass is 9.99. The second-order valence-corrected chi connectivity index (χ2v) is 8.31. The number of benzene rings is 1. The molecule has 1 fully saturated rings. The maximum Gasteiger partial charge on any atom is 0.321 e. The largest absolute Gasteiger partial charge is 0.324 e. The van der Waals surface area contributed by atoms with Crippen molar-refractivity contribution in [3.63, 3.8) is 0 Å². The average Bonchev–Trinajstić information content (AvgIpc) is 3.03. The van der Waals surface area contributed by atoms with E-state index >= 15 is 0 Å². The molecule has 1 aromatic heterocycles. The first-order valence-electron chi connectivity index (χ1n) is 8.96. The maximum atomic E-state index is 12.6. The van der Waals surface area contributed by atoms with Crippen molar-refractivity contribution in [2.45, 2.75) is 46.0 Å². The van der Waals surface area contributed by atoms with Crippen molar-refractivity contribution < 1.29 is 4.79 Å². The van der Waals surface area contributed by atoms with Gasteiger partial charge in [0.15, 0.2) is 0 Å². The van der Waals surface area contributed by atoms with E-state index in [1.54, 1.807) is 11.3 Å². The Hall–Kier alpha value is -1.95. The normalized spacial score (nSPS) is 17.8. The van der Waals surface area contributed by atoms with Gasteiger partial charge in [0.1, 0.15) is 10.0 Å². The van der Waals surface area contributed by atoms with E-state index in [4.69, 9.17) is 0 Å². The average molecular weight is 359 g/mol. The third-order valence-electron chi connectivity index (χ3n) is 4.39. The summed E-state index contributed by atoms with van der Waals surface area (Å²) in [5.74, 6) is 0.888. The Morgan fingerprint density at radius 3 is 3.00 bits per heavy atom. The van der Waals surface area contributed by atoms with Crippen molar-refractivity contribution in [3.8, 4) is 0 Å². The van der Waals surface area contributed by atoms with E-state index in [1.807, 2.05) is 36.1 Å². The summed E-state index contributed by atoms with van der Waals surface area (Å²) in [4.78, 5) is 14.5. The van der Waals surface area contributed by atoms with Crippen LogP contribution in [-0.2, 0) is 6.42 Å². The van der Waals surface area contributed by atoms with E-state index in [2.05, 4.69) is 29.4 Å². The molecule has 2 heterocycles. The summed E-state index contributed by atoms with van der Waals surface area (Å²) in [5.41, 5.74) is 1.99. The van der Waals surface area contributed by atoms with Crippen molar-refractivity contribution in [1.29, 1.82) is 0 Å². The molecule has 134 valence electrons. The number of carbonyl (C=O) groups is 1. The van der Waals surface area contributed by atoms with Gasteiger partial charge >= 0.3 is 6.03 Å². The Kier molecular flexibility index (Phi) is 5.68. The molecule has 1 aliphatic rings. The minimum atomic E-state index is -0.0257. The van der Waals surface area contributed by atoms with Crippen LogP contribution < -0.4 is 5.32 Å². The smallest absolute Gasteiger partial charge is 0.321 e. The number of likely N-dealkylation sites (tertiary alicyclic amines) is 1. The lowest BCUT2D eigenvalue weighted by Crippen LogP contribution is -2.41. The van der Waals surface area contributed by atoms with E-state index in [0.29, 0.717) is 18.4 Å². The highest BCUT2D eigenvalue weighted by atomic mass is 32.1. The fourth-order valence-electron chi connectivity index (χ4n) is 3.15. The van der Waals surface area contributed by atoms with Crippen LogP contribution in [0.2, 0.25) is 0 Å². The summed E-state index contributed by atoms with van der Waals surface area (Å²) < 4.78 is 0. The van der Waals surface area contributed by atoms with Crippen LogP contribution in [-0.4, -0.2) is 34.2 Å². The molecule has 2 aromatic rings. The Bertz CT molecular complexity index is 728. The van der Waals surface area contributed by atoms with Gasteiger partial charge in [0, 0.05) is 31.1 Å². The maximum absolute atomic E-state index is 12.6. The van der Waals surface area contributed by atoms with Gasteiger partial charge in [-0.2, -0.15) is 0 Å². The predicted molar refractivity (Wildman–Crippen MR) is 102 cm³/mol. The number of nitrogens with zero attached hydrogens (tertiary/aromatic N) is 3. The number of hydrogen-bond acceptors (Lipinski definition) is 4. The van der Waals surface area contributed by atoms with Gasteiger partial charge in [-0.05, 0) is 43.4 Å². The molecule has 1 aliphatic heterocycles. The molecule has 1 unspecified atom stereocenters. The molecule has 0 spiro atoms. The number of rotatable bonds is 4. The van der Waals surface area contributed by atoms with Gasteiger partial charge in [0.05, 0.1) is 0 Å². The van der Waals surface area contributed by atoms with Crippen molar-refractivity contribution >= 4 is 23.1 Å². The Morgan fingerprint density at radius 1 is 1.40 bits per heavy atom. The number of anilines is 1. The van der Waals surface area contributed by atoms with Crippen molar-refractivity contribution in [3.05, 3.63) is 39.8 Å². The third kappa shape index (κ3) is 4.78. The molecular formula is C19H26N4OS. The van der Waals surface area contributed by atoms with E-state index in [-0.39, 0.29) is 6.03 Å². The van der Waals surface area contributed by atoms with Crippen LogP contribution in [0.1, 0.15) is 48.2 Å². The highest BCUT2D eigenvalue weighted by molar-refractivity contribution is 7.11. The van der Waals surface area contributed by atoms with Crippen LogP contribution in [0.5, 0.6) is 0 Å². The van der Waals surface area contributed by atoms with Gasteiger partial charge < -0.3 is 10.2 Å². The molecule has 0 aliphatic carbocycles. The van der Waals surface area contributed by atoms with Crippen LogP contribution in [0, 0.1) is 12.8 Å². The van der Waals surface area contributed by atoms with Gasteiger partial charge in [-0.3, -0.25) is 0 Å². The fourth-order valence-corrected chi connectivity index (χ4v) is 4.33. The number of amides is 2. The standard InChI is InChI=1S/C19H26N4OS/c1-13(2)10-17-21-22-18(25-17)15-7-5-9-23(12-15)19(24)20-16-8-4-6-14(3)11-16/h4,6,8,11,13,15H,5,7,9-10,12H2,1-3H3,(H,20,24). The zero-order valence-corrected chi connectivity index (χ0v) is 16.0. The van der Waals surface area contributed by atoms with Crippen molar-refractivity contribution in [1.82, 2.24) is 15.1 Å². The second-order valence-electron chi connectivity index (χ2n) is 7.22. The summed E-state index contributed by atoms with van der Waals surface area (Å²) >= 11 is 1.71. The molecule has 3 rings (SSSR count).